The Hall–Kier alpha value is -1.55. The molecule has 0 saturated carbocycles. The van der Waals surface area contributed by atoms with Gasteiger partial charge < -0.3 is 9.32 Å². The third-order valence-corrected chi connectivity index (χ3v) is 3.14. The third kappa shape index (κ3) is 3.23. The lowest BCUT2D eigenvalue weighted by molar-refractivity contribution is 0.0764. The number of likely N-dealkylation sites (N-methyl/N-ethyl adjacent to an activating group) is 1. The van der Waals surface area contributed by atoms with Crippen molar-refractivity contribution < 1.29 is 9.21 Å². The largest absolute Gasteiger partial charge is 0.444 e. The Bertz CT molecular complexity index is 522. The van der Waals surface area contributed by atoms with E-state index in [1.807, 2.05) is 18.2 Å². The summed E-state index contributed by atoms with van der Waals surface area (Å²) in [6.45, 7) is 0.668. The first-order chi connectivity index (χ1) is 8.66. The normalized spacial score (nSPS) is 10.3. The second-order valence-electron chi connectivity index (χ2n) is 4.07. The maximum atomic E-state index is 12.0. The Morgan fingerprint density at radius 1 is 1.22 bits per heavy atom. The molecule has 0 N–H and O–H groups in total. The lowest BCUT2D eigenvalue weighted by Gasteiger charge is -2.15. The molecule has 1 aromatic heterocycles. The second-order valence-corrected chi connectivity index (χ2v) is 4.85. The quantitative estimate of drug-likeness (QED) is 0.868. The van der Waals surface area contributed by atoms with Gasteiger partial charge in [0.25, 0.3) is 5.91 Å². The molecule has 0 aliphatic carbocycles. The Labute approximate surface area is 115 Å². The van der Waals surface area contributed by atoms with Crippen molar-refractivity contribution in [1.29, 1.82) is 0 Å². The average molecular weight is 308 g/mol. The molecule has 18 heavy (non-hydrogen) atoms. The highest BCUT2D eigenvalue weighted by Crippen LogP contribution is 2.15. The first-order valence-electron chi connectivity index (χ1n) is 5.71. The summed E-state index contributed by atoms with van der Waals surface area (Å²) >= 11 is 3.19. The first-order valence-corrected chi connectivity index (χ1v) is 6.51. The van der Waals surface area contributed by atoms with E-state index < -0.39 is 0 Å². The minimum Gasteiger partial charge on any atom is -0.444 e. The Morgan fingerprint density at radius 3 is 2.56 bits per heavy atom. The number of amides is 1. The van der Waals surface area contributed by atoms with Gasteiger partial charge in [-0.3, -0.25) is 4.79 Å². The predicted molar refractivity (Wildman–Crippen MR) is 73.5 cm³/mol. The zero-order chi connectivity index (χ0) is 13.0. The lowest BCUT2D eigenvalue weighted by Crippen LogP contribution is -2.28. The summed E-state index contributed by atoms with van der Waals surface area (Å²) < 4.78 is 5.82. The van der Waals surface area contributed by atoms with E-state index >= 15 is 0 Å². The van der Waals surface area contributed by atoms with Crippen LogP contribution in [0.2, 0.25) is 0 Å². The molecule has 0 radical (unpaired) electrons. The van der Waals surface area contributed by atoms with Crippen LogP contribution in [-0.2, 0) is 6.42 Å². The zero-order valence-corrected chi connectivity index (χ0v) is 11.7. The highest BCUT2D eigenvalue weighted by molar-refractivity contribution is 9.10. The molecule has 0 atom stereocenters. The van der Waals surface area contributed by atoms with E-state index in [2.05, 4.69) is 28.1 Å². The van der Waals surface area contributed by atoms with Crippen LogP contribution in [0, 0.1) is 0 Å². The summed E-state index contributed by atoms with van der Waals surface area (Å²) in [5.74, 6) is 0.258. The molecule has 0 spiro atoms. The van der Waals surface area contributed by atoms with Gasteiger partial charge in [0.1, 0.15) is 0 Å². The molecule has 2 rings (SSSR count). The number of halogens is 1. The smallest absolute Gasteiger partial charge is 0.289 e. The minimum atomic E-state index is -0.100. The summed E-state index contributed by atoms with van der Waals surface area (Å²) in [4.78, 5) is 13.7. The summed E-state index contributed by atoms with van der Waals surface area (Å²) in [7, 11) is 1.78. The van der Waals surface area contributed by atoms with Crippen LogP contribution >= 0.6 is 15.9 Å². The Morgan fingerprint density at radius 2 is 1.94 bits per heavy atom. The van der Waals surface area contributed by atoms with Crippen molar-refractivity contribution in [2.45, 2.75) is 6.42 Å². The van der Waals surface area contributed by atoms with E-state index in [-0.39, 0.29) is 5.91 Å². The van der Waals surface area contributed by atoms with Crippen LogP contribution in [0.5, 0.6) is 0 Å². The van der Waals surface area contributed by atoms with Gasteiger partial charge in [0, 0.05) is 13.6 Å². The Kier molecular flexibility index (Phi) is 4.20. The highest BCUT2D eigenvalue weighted by atomic mass is 79.9. The van der Waals surface area contributed by atoms with Crippen LogP contribution < -0.4 is 0 Å². The zero-order valence-electron chi connectivity index (χ0n) is 10.1. The van der Waals surface area contributed by atoms with Crippen molar-refractivity contribution in [1.82, 2.24) is 4.90 Å². The van der Waals surface area contributed by atoms with Gasteiger partial charge in [-0.2, -0.15) is 0 Å². The summed E-state index contributed by atoms with van der Waals surface area (Å²) in [5, 5.41) is 0. The minimum absolute atomic E-state index is 0.100. The van der Waals surface area contributed by atoms with Gasteiger partial charge in [0.15, 0.2) is 10.4 Å². The van der Waals surface area contributed by atoms with Crippen LogP contribution in [0.3, 0.4) is 0 Å². The van der Waals surface area contributed by atoms with Gasteiger partial charge in [0.05, 0.1) is 0 Å². The van der Waals surface area contributed by atoms with Crippen molar-refractivity contribution in [2.75, 3.05) is 13.6 Å². The van der Waals surface area contributed by atoms with Gasteiger partial charge in [0.2, 0.25) is 0 Å². The molecule has 1 amide bonds. The van der Waals surface area contributed by atoms with E-state index in [0.717, 1.165) is 6.42 Å². The van der Waals surface area contributed by atoms with Crippen LogP contribution in [0.15, 0.2) is 51.6 Å². The van der Waals surface area contributed by atoms with Crippen LogP contribution in [-0.4, -0.2) is 24.4 Å². The fraction of sp³-hybridized carbons (Fsp3) is 0.214. The second kappa shape index (κ2) is 5.87. The molecule has 1 heterocycles. The van der Waals surface area contributed by atoms with Crippen LogP contribution in [0.1, 0.15) is 16.1 Å². The number of carbonyl (C=O) groups excluding carboxylic acids is 1. The van der Waals surface area contributed by atoms with Crippen LogP contribution in [0.4, 0.5) is 0 Å². The first kappa shape index (κ1) is 12.9. The molecule has 2 aromatic rings. The maximum Gasteiger partial charge on any atom is 0.289 e. The third-order valence-electron chi connectivity index (χ3n) is 2.71. The number of carbonyl (C=O) groups is 1. The van der Waals surface area contributed by atoms with Crippen LogP contribution in [0.25, 0.3) is 0 Å². The predicted octanol–water partition coefficient (Wildman–Crippen LogP) is 3.36. The van der Waals surface area contributed by atoms with Gasteiger partial charge >= 0.3 is 0 Å². The highest BCUT2D eigenvalue weighted by Gasteiger charge is 2.15. The summed E-state index contributed by atoms with van der Waals surface area (Å²) in [6.07, 6.45) is 0.838. The van der Waals surface area contributed by atoms with E-state index in [9.17, 15) is 4.79 Å². The number of benzene rings is 1. The molecular formula is C14H14BrNO2. The van der Waals surface area contributed by atoms with E-state index in [1.54, 1.807) is 24.1 Å². The van der Waals surface area contributed by atoms with Gasteiger partial charge in [-0.25, -0.2) is 0 Å². The van der Waals surface area contributed by atoms with Crippen molar-refractivity contribution in [3.63, 3.8) is 0 Å². The van der Waals surface area contributed by atoms with Crippen molar-refractivity contribution in [2.24, 2.45) is 0 Å². The Balaban J connectivity index is 1.92. The van der Waals surface area contributed by atoms with Gasteiger partial charge in [-0.05, 0) is 40.0 Å². The molecule has 94 valence electrons. The number of hydrogen-bond acceptors (Lipinski definition) is 2. The number of hydrogen-bond donors (Lipinski definition) is 0. The molecule has 0 aliphatic rings. The number of furan rings is 1. The van der Waals surface area contributed by atoms with Gasteiger partial charge in [-0.1, -0.05) is 30.3 Å². The topological polar surface area (TPSA) is 33.5 Å². The molecule has 0 bridgehead atoms. The SMILES string of the molecule is CN(CCc1ccccc1)C(=O)c1ccc(Br)o1. The fourth-order valence-corrected chi connectivity index (χ4v) is 1.97. The van der Waals surface area contributed by atoms with E-state index in [0.29, 0.717) is 17.0 Å². The summed E-state index contributed by atoms with van der Waals surface area (Å²) in [6, 6.07) is 13.5. The van der Waals surface area contributed by atoms with E-state index in [1.165, 1.54) is 5.56 Å². The van der Waals surface area contributed by atoms with Crippen molar-refractivity contribution in [3.05, 3.63) is 58.5 Å². The number of nitrogens with zero attached hydrogens (tertiary/aromatic N) is 1. The molecule has 0 saturated heterocycles. The van der Waals surface area contributed by atoms with Gasteiger partial charge in [-0.15, -0.1) is 0 Å². The molecule has 1 aromatic carbocycles. The van der Waals surface area contributed by atoms with Crippen molar-refractivity contribution in [3.8, 4) is 0 Å². The molecule has 0 unspecified atom stereocenters. The molecule has 4 heteroatoms. The monoisotopic (exact) mass is 307 g/mol. The van der Waals surface area contributed by atoms with Crippen molar-refractivity contribution >= 4 is 21.8 Å². The summed E-state index contributed by atoms with van der Waals surface area (Å²) in [5.41, 5.74) is 1.22. The van der Waals surface area contributed by atoms with E-state index in [4.69, 9.17) is 4.42 Å². The average Bonchev–Trinajstić information content (AvgIpc) is 2.83. The standard InChI is InChI=1S/C14H14BrNO2/c1-16(10-9-11-5-3-2-4-6-11)14(17)12-7-8-13(15)18-12/h2-8H,9-10H2,1H3. The fourth-order valence-electron chi connectivity index (χ4n) is 1.66. The molecular weight excluding hydrogens is 294 g/mol. The maximum absolute atomic E-state index is 12.0. The molecule has 3 nitrogen and oxygen atoms in total. The lowest BCUT2D eigenvalue weighted by atomic mass is 10.1. The molecule has 0 fully saturated rings. The number of rotatable bonds is 4. The molecule has 0 aliphatic heterocycles.